The van der Waals surface area contributed by atoms with E-state index < -0.39 is 0 Å². The van der Waals surface area contributed by atoms with E-state index in [4.69, 9.17) is 9.52 Å². The first-order valence-corrected chi connectivity index (χ1v) is 7.57. The Kier molecular flexibility index (Phi) is 5.61. The second-order valence-electron chi connectivity index (χ2n) is 4.34. The third-order valence-corrected chi connectivity index (χ3v) is 3.85. The molecule has 1 N–H and O–H groups in total. The average molecular weight is 303 g/mol. The summed E-state index contributed by atoms with van der Waals surface area (Å²) in [7, 11) is 0. The first-order valence-electron chi connectivity index (χ1n) is 6.75. The monoisotopic (exact) mass is 303 g/mol. The van der Waals surface area contributed by atoms with Crippen LogP contribution in [0.2, 0.25) is 0 Å². The third kappa shape index (κ3) is 4.22. The number of hydrogen-bond donors (Lipinski definition) is 1. The highest BCUT2D eigenvalue weighted by molar-refractivity contribution is 7.14. The van der Waals surface area contributed by atoms with Gasteiger partial charge in [-0.15, -0.1) is 11.3 Å². The van der Waals surface area contributed by atoms with E-state index in [-0.39, 0.29) is 12.5 Å². The van der Waals surface area contributed by atoms with Crippen LogP contribution in [0.3, 0.4) is 0 Å². The standard InChI is InChI=1S/C16H17NO3S/c1-2-17(12-13-6-5-11-20-13)16(19)15-9-8-14(21-15)7-3-4-10-18/h5-6,8-9,11,18H,2,4,10,12H2,1H3. The van der Waals surface area contributed by atoms with Crippen molar-refractivity contribution in [1.82, 2.24) is 4.90 Å². The van der Waals surface area contributed by atoms with Crippen molar-refractivity contribution in [2.45, 2.75) is 19.9 Å². The summed E-state index contributed by atoms with van der Waals surface area (Å²) >= 11 is 1.37. The van der Waals surface area contributed by atoms with Crippen LogP contribution in [0.15, 0.2) is 34.9 Å². The molecule has 2 heterocycles. The lowest BCUT2D eigenvalue weighted by molar-refractivity contribution is 0.0746. The molecule has 0 aromatic carbocycles. The lowest BCUT2D eigenvalue weighted by Crippen LogP contribution is -2.29. The number of aliphatic hydroxyl groups is 1. The van der Waals surface area contributed by atoms with E-state index in [2.05, 4.69) is 11.8 Å². The highest BCUT2D eigenvalue weighted by Gasteiger charge is 2.17. The molecule has 0 aliphatic rings. The Morgan fingerprint density at radius 2 is 2.29 bits per heavy atom. The van der Waals surface area contributed by atoms with Crippen molar-refractivity contribution >= 4 is 17.2 Å². The number of nitrogens with zero attached hydrogens (tertiary/aromatic N) is 1. The Morgan fingerprint density at radius 1 is 1.43 bits per heavy atom. The van der Waals surface area contributed by atoms with Crippen LogP contribution in [0, 0.1) is 11.8 Å². The van der Waals surface area contributed by atoms with Gasteiger partial charge in [-0.05, 0) is 31.2 Å². The molecule has 5 heteroatoms. The topological polar surface area (TPSA) is 53.7 Å². The first kappa shape index (κ1) is 15.4. The number of thiophene rings is 1. The van der Waals surface area contributed by atoms with Crippen molar-refractivity contribution in [3.05, 3.63) is 46.0 Å². The maximum atomic E-state index is 12.5. The van der Waals surface area contributed by atoms with E-state index in [1.807, 2.05) is 25.1 Å². The zero-order chi connectivity index (χ0) is 15.1. The normalized spacial score (nSPS) is 10.0. The molecule has 2 aromatic heterocycles. The number of aliphatic hydroxyl groups excluding tert-OH is 1. The van der Waals surface area contributed by atoms with Crippen molar-refractivity contribution in [2.75, 3.05) is 13.2 Å². The minimum absolute atomic E-state index is 0.0193. The van der Waals surface area contributed by atoms with Gasteiger partial charge in [-0.25, -0.2) is 0 Å². The number of hydrogen-bond acceptors (Lipinski definition) is 4. The molecule has 0 radical (unpaired) electrons. The molecule has 0 atom stereocenters. The zero-order valence-corrected chi connectivity index (χ0v) is 12.7. The van der Waals surface area contributed by atoms with E-state index in [9.17, 15) is 4.79 Å². The molecule has 1 amide bonds. The lowest BCUT2D eigenvalue weighted by atomic mass is 10.3. The summed E-state index contributed by atoms with van der Waals surface area (Å²) in [6.45, 7) is 3.07. The summed E-state index contributed by atoms with van der Waals surface area (Å²) in [5.41, 5.74) is 0. The maximum absolute atomic E-state index is 12.5. The van der Waals surface area contributed by atoms with E-state index in [0.717, 1.165) is 10.6 Å². The summed E-state index contributed by atoms with van der Waals surface area (Å²) in [6, 6.07) is 7.30. The van der Waals surface area contributed by atoms with Gasteiger partial charge in [-0.1, -0.05) is 11.8 Å². The molecule has 4 nitrogen and oxygen atoms in total. The van der Waals surface area contributed by atoms with Crippen molar-refractivity contribution < 1.29 is 14.3 Å². The highest BCUT2D eigenvalue weighted by Crippen LogP contribution is 2.19. The second-order valence-corrected chi connectivity index (χ2v) is 5.42. The van der Waals surface area contributed by atoms with Crippen molar-refractivity contribution in [1.29, 1.82) is 0 Å². The van der Waals surface area contributed by atoms with E-state index in [1.165, 1.54) is 11.3 Å². The van der Waals surface area contributed by atoms with Gasteiger partial charge in [0.1, 0.15) is 5.76 Å². The predicted octanol–water partition coefficient (Wildman–Crippen LogP) is 2.74. The largest absolute Gasteiger partial charge is 0.467 e. The number of furan rings is 1. The number of carbonyl (C=O) groups excluding carboxylic acids is 1. The smallest absolute Gasteiger partial charge is 0.264 e. The van der Waals surface area contributed by atoms with E-state index in [0.29, 0.717) is 24.4 Å². The molecule has 0 saturated carbocycles. The van der Waals surface area contributed by atoms with Crippen LogP contribution in [0.1, 0.15) is 33.7 Å². The molecule has 0 aliphatic carbocycles. The van der Waals surface area contributed by atoms with Crippen molar-refractivity contribution in [3.63, 3.8) is 0 Å². The molecule has 0 spiro atoms. The lowest BCUT2D eigenvalue weighted by Gasteiger charge is -2.18. The number of rotatable bonds is 5. The van der Waals surface area contributed by atoms with E-state index in [1.54, 1.807) is 17.2 Å². The molecule has 0 bridgehead atoms. The Bertz CT molecular complexity index is 634. The summed E-state index contributed by atoms with van der Waals surface area (Å²) in [5, 5.41) is 8.70. The fourth-order valence-electron chi connectivity index (χ4n) is 1.80. The van der Waals surface area contributed by atoms with Gasteiger partial charge in [0.2, 0.25) is 0 Å². The molecule has 21 heavy (non-hydrogen) atoms. The molecular weight excluding hydrogens is 286 g/mol. The quantitative estimate of drug-likeness (QED) is 0.864. The van der Waals surface area contributed by atoms with Crippen LogP contribution in [0.25, 0.3) is 0 Å². The van der Waals surface area contributed by atoms with Gasteiger partial charge in [0.25, 0.3) is 5.91 Å². The molecule has 0 saturated heterocycles. The van der Waals surface area contributed by atoms with Gasteiger partial charge in [-0.2, -0.15) is 0 Å². The summed E-state index contributed by atoms with van der Waals surface area (Å²) < 4.78 is 5.29. The van der Waals surface area contributed by atoms with Crippen LogP contribution in [-0.2, 0) is 6.54 Å². The van der Waals surface area contributed by atoms with Crippen LogP contribution in [0.5, 0.6) is 0 Å². The van der Waals surface area contributed by atoms with Crippen molar-refractivity contribution in [2.24, 2.45) is 0 Å². The minimum Gasteiger partial charge on any atom is -0.467 e. The Morgan fingerprint density at radius 3 is 2.95 bits per heavy atom. The Balaban J connectivity index is 2.06. The molecule has 2 rings (SSSR count). The van der Waals surface area contributed by atoms with Gasteiger partial charge in [-0.3, -0.25) is 4.79 Å². The molecule has 0 aliphatic heterocycles. The van der Waals surface area contributed by atoms with Gasteiger partial charge in [0, 0.05) is 13.0 Å². The van der Waals surface area contributed by atoms with Crippen LogP contribution in [0.4, 0.5) is 0 Å². The van der Waals surface area contributed by atoms with E-state index >= 15 is 0 Å². The fraction of sp³-hybridized carbons (Fsp3) is 0.312. The van der Waals surface area contributed by atoms with Gasteiger partial charge < -0.3 is 14.4 Å². The molecule has 0 fully saturated rings. The van der Waals surface area contributed by atoms with Gasteiger partial charge in [0.05, 0.1) is 29.2 Å². The average Bonchev–Trinajstić information content (AvgIpc) is 3.16. The van der Waals surface area contributed by atoms with Gasteiger partial charge >= 0.3 is 0 Å². The highest BCUT2D eigenvalue weighted by atomic mass is 32.1. The molecule has 2 aromatic rings. The predicted molar refractivity (Wildman–Crippen MR) is 82.0 cm³/mol. The Labute approximate surface area is 128 Å². The number of amides is 1. The van der Waals surface area contributed by atoms with Crippen LogP contribution < -0.4 is 0 Å². The zero-order valence-electron chi connectivity index (χ0n) is 11.8. The number of carbonyl (C=O) groups is 1. The maximum Gasteiger partial charge on any atom is 0.264 e. The third-order valence-electron chi connectivity index (χ3n) is 2.86. The van der Waals surface area contributed by atoms with Crippen LogP contribution in [-0.4, -0.2) is 29.1 Å². The minimum atomic E-state index is -0.0193. The van der Waals surface area contributed by atoms with Crippen LogP contribution >= 0.6 is 11.3 Å². The molecular formula is C16H17NO3S. The second kappa shape index (κ2) is 7.67. The summed E-state index contributed by atoms with van der Waals surface area (Å²) in [4.78, 5) is 15.7. The molecule has 0 unspecified atom stereocenters. The first-order chi connectivity index (χ1) is 10.2. The van der Waals surface area contributed by atoms with Gasteiger partial charge in [0.15, 0.2) is 0 Å². The SMILES string of the molecule is CCN(Cc1ccco1)C(=O)c1ccc(C#CCCO)s1. The Hall–Kier alpha value is -2.03. The summed E-state index contributed by atoms with van der Waals surface area (Å²) in [5.74, 6) is 6.55. The van der Waals surface area contributed by atoms with Crippen molar-refractivity contribution in [3.8, 4) is 11.8 Å². The fourth-order valence-corrected chi connectivity index (χ4v) is 2.65. The molecule has 110 valence electrons. The summed E-state index contributed by atoms with van der Waals surface area (Å²) in [6.07, 6.45) is 2.05.